The van der Waals surface area contributed by atoms with Gasteiger partial charge in [0.1, 0.15) is 19.0 Å². The van der Waals surface area contributed by atoms with E-state index in [9.17, 15) is 18.8 Å². The Morgan fingerprint density at radius 1 is 1.12 bits per heavy atom. The maximum atomic E-state index is 13.1. The van der Waals surface area contributed by atoms with Gasteiger partial charge in [-0.2, -0.15) is 0 Å². The highest BCUT2D eigenvalue weighted by atomic mass is 32.2. The SMILES string of the molecule is COc1cc(/C=C2/SC(=O)N(CC(=O)N3CCOCC3)C2=O)ccc1OCc1ccc(F)cc1. The van der Waals surface area contributed by atoms with Gasteiger partial charge in [-0.3, -0.25) is 19.3 Å². The number of morpholine rings is 1. The van der Waals surface area contributed by atoms with Gasteiger partial charge in [-0.05, 0) is 53.2 Å². The second-order valence-electron chi connectivity index (χ2n) is 7.59. The number of carbonyl (C=O) groups is 3. The summed E-state index contributed by atoms with van der Waals surface area (Å²) < 4.78 is 29.5. The van der Waals surface area contributed by atoms with Crippen molar-refractivity contribution in [1.29, 1.82) is 0 Å². The lowest BCUT2D eigenvalue weighted by molar-refractivity contribution is -0.139. The Morgan fingerprint density at radius 3 is 2.56 bits per heavy atom. The van der Waals surface area contributed by atoms with Crippen molar-refractivity contribution < 1.29 is 33.0 Å². The Labute approximate surface area is 200 Å². The molecular formula is C24H23FN2O6S. The van der Waals surface area contributed by atoms with E-state index in [2.05, 4.69) is 0 Å². The maximum Gasteiger partial charge on any atom is 0.294 e. The number of carbonyl (C=O) groups excluding carboxylic acids is 3. The molecule has 0 aliphatic carbocycles. The molecule has 0 saturated carbocycles. The molecule has 0 bridgehead atoms. The number of methoxy groups -OCH3 is 1. The fourth-order valence-corrected chi connectivity index (χ4v) is 4.31. The molecule has 0 N–H and O–H groups in total. The van der Waals surface area contributed by atoms with Gasteiger partial charge in [-0.25, -0.2) is 4.39 Å². The molecule has 2 aliphatic heterocycles. The topological polar surface area (TPSA) is 85.4 Å². The number of benzene rings is 2. The number of hydrogen-bond acceptors (Lipinski definition) is 7. The fourth-order valence-electron chi connectivity index (χ4n) is 3.47. The standard InChI is InChI=1S/C24H23FN2O6S/c1-31-20-12-17(4-7-19(20)33-15-16-2-5-18(25)6-3-16)13-21-23(29)27(24(30)34-21)14-22(28)26-8-10-32-11-9-26/h2-7,12-13H,8-11,14-15H2,1H3/b21-13+. The zero-order valence-corrected chi connectivity index (χ0v) is 19.3. The van der Waals surface area contributed by atoms with Crippen molar-refractivity contribution in [3.8, 4) is 11.5 Å². The zero-order valence-electron chi connectivity index (χ0n) is 18.5. The van der Waals surface area contributed by atoms with Gasteiger partial charge in [0, 0.05) is 13.1 Å². The lowest BCUT2D eigenvalue weighted by Gasteiger charge is -2.28. The third kappa shape index (κ3) is 5.57. The van der Waals surface area contributed by atoms with Crippen LogP contribution in [0.3, 0.4) is 0 Å². The fraction of sp³-hybridized carbons (Fsp3) is 0.292. The first-order valence-corrected chi connectivity index (χ1v) is 11.4. The molecular weight excluding hydrogens is 463 g/mol. The molecule has 4 rings (SSSR count). The largest absolute Gasteiger partial charge is 0.493 e. The van der Waals surface area contributed by atoms with E-state index in [1.165, 1.54) is 19.2 Å². The summed E-state index contributed by atoms with van der Waals surface area (Å²) in [5.74, 6) is -0.185. The number of ether oxygens (including phenoxy) is 3. The molecule has 178 valence electrons. The summed E-state index contributed by atoms with van der Waals surface area (Å²) in [4.78, 5) is 40.4. The minimum atomic E-state index is -0.507. The molecule has 2 saturated heterocycles. The van der Waals surface area contributed by atoms with E-state index in [4.69, 9.17) is 14.2 Å². The van der Waals surface area contributed by atoms with Crippen molar-refractivity contribution in [3.63, 3.8) is 0 Å². The first-order valence-electron chi connectivity index (χ1n) is 10.6. The second-order valence-corrected chi connectivity index (χ2v) is 8.58. The minimum Gasteiger partial charge on any atom is -0.493 e. The smallest absolute Gasteiger partial charge is 0.294 e. The van der Waals surface area contributed by atoms with Crippen LogP contribution in [0.4, 0.5) is 9.18 Å². The summed E-state index contributed by atoms with van der Waals surface area (Å²) in [6.45, 7) is 1.71. The summed E-state index contributed by atoms with van der Waals surface area (Å²) in [5, 5.41) is -0.482. The Bertz CT molecular complexity index is 1110. The number of rotatable bonds is 7. The number of nitrogens with zero attached hydrogens (tertiary/aromatic N) is 2. The van der Waals surface area contributed by atoms with Gasteiger partial charge in [0.2, 0.25) is 5.91 Å². The molecule has 0 aromatic heterocycles. The number of amides is 3. The molecule has 10 heteroatoms. The van der Waals surface area contributed by atoms with Crippen LogP contribution in [0.5, 0.6) is 11.5 Å². The highest BCUT2D eigenvalue weighted by Crippen LogP contribution is 2.34. The van der Waals surface area contributed by atoms with Crippen molar-refractivity contribution in [2.45, 2.75) is 6.61 Å². The van der Waals surface area contributed by atoms with E-state index in [-0.39, 0.29) is 29.8 Å². The highest BCUT2D eigenvalue weighted by Gasteiger charge is 2.37. The van der Waals surface area contributed by atoms with Gasteiger partial charge in [0.05, 0.1) is 25.2 Å². The lowest BCUT2D eigenvalue weighted by Crippen LogP contribution is -2.46. The maximum absolute atomic E-state index is 13.1. The quantitative estimate of drug-likeness (QED) is 0.555. The Hall–Kier alpha value is -3.37. The van der Waals surface area contributed by atoms with Gasteiger partial charge in [-0.1, -0.05) is 18.2 Å². The summed E-state index contributed by atoms with van der Waals surface area (Å²) in [6, 6.07) is 11.1. The average Bonchev–Trinajstić information content (AvgIpc) is 3.11. The second kappa shape index (κ2) is 10.7. The molecule has 2 fully saturated rings. The van der Waals surface area contributed by atoms with Crippen LogP contribution < -0.4 is 9.47 Å². The van der Waals surface area contributed by atoms with E-state index in [0.717, 1.165) is 22.2 Å². The van der Waals surface area contributed by atoms with Crippen LogP contribution in [0.15, 0.2) is 47.4 Å². The monoisotopic (exact) mass is 486 g/mol. The summed E-state index contributed by atoms with van der Waals surface area (Å²) in [6.07, 6.45) is 1.58. The van der Waals surface area contributed by atoms with Crippen LogP contribution in [-0.2, 0) is 20.9 Å². The third-order valence-electron chi connectivity index (χ3n) is 5.32. The summed E-state index contributed by atoms with van der Waals surface area (Å²) >= 11 is 0.792. The van der Waals surface area contributed by atoms with Crippen LogP contribution in [-0.4, -0.2) is 66.8 Å². The van der Waals surface area contributed by atoms with Gasteiger partial charge in [0.25, 0.3) is 11.1 Å². The molecule has 34 heavy (non-hydrogen) atoms. The van der Waals surface area contributed by atoms with Gasteiger partial charge in [0.15, 0.2) is 11.5 Å². The van der Waals surface area contributed by atoms with Crippen molar-refractivity contribution in [2.75, 3.05) is 40.0 Å². The summed E-state index contributed by atoms with van der Waals surface area (Å²) in [5.41, 5.74) is 1.43. The molecule has 2 aliphatic rings. The van der Waals surface area contributed by atoms with E-state index < -0.39 is 11.1 Å². The van der Waals surface area contributed by atoms with E-state index in [1.807, 2.05) is 0 Å². The Balaban J connectivity index is 1.43. The first-order chi connectivity index (χ1) is 16.4. The van der Waals surface area contributed by atoms with Gasteiger partial charge < -0.3 is 19.1 Å². The molecule has 0 atom stereocenters. The van der Waals surface area contributed by atoms with Crippen LogP contribution >= 0.6 is 11.8 Å². The molecule has 2 aromatic rings. The molecule has 3 amide bonds. The molecule has 2 heterocycles. The number of halogens is 1. The van der Waals surface area contributed by atoms with E-state index >= 15 is 0 Å². The van der Waals surface area contributed by atoms with E-state index in [1.54, 1.807) is 41.3 Å². The summed E-state index contributed by atoms with van der Waals surface area (Å²) in [7, 11) is 1.50. The highest BCUT2D eigenvalue weighted by molar-refractivity contribution is 8.18. The van der Waals surface area contributed by atoms with Crippen molar-refractivity contribution in [1.82, 2.24) is 9.80 Å². The predicted octanol–water partition coefficient (Wildman–Crippen LogP) is 3.31. The number of imide groups is 1. The van der Waals surface area contributed by atoms with Crippen molar-refractivity contribution in [2.24, 2.45) is 0 Å². The third-order valence-corrected chi connectivity index (χ3v) is 6.23. The van der Waals surface area contributed by atoms with E-state index in [0.29, 0.717) is 43.4 Å². The van der Waals surface area contributed by atoms with Gasteiger partial charge in [-0.15, -0.1) is 0 Å². The predicted molar refractivity (Wildman–Crippen MR) is 124 cm³/mol. The van der Waals surface area contributed by atoms with Crippen LogP contribution in [0, 0.1) is 5.82 Å². The van der Waals surface area contributed by atoms with Crippen LogP contribution in [0.25, 0.3) is 6.08 Å². The molecule has 2 aromatic carbocycles. The number of thioether (sulfide) groups is 1. The normalized spacial score (nSPS) is 17.4. The molecule has 0 spiro atoms. The Kier molecular flexibility index (Phi) is 7.49. The number of hydrogen-bond donors (Lipinski definition) is 0. The lowest BCUT2D eigenvalue weighted by atomic mass is 10.1. The molecule has 8 nitrogen and oxygen atoms in total. The minimum absolute atomic E-state index is 0.224. The first kappa shape index (κ1) is 23.8. The Morgan fingerprint density at radius 2 is 1.85 bits per heavy atom. The van der Waals surface area contributed by atoms with Crippen molar-refractivity contribution in [3.05, 3.63) is 64.3 Å². The van der Waals surface area contributed by atoms with Crippen molar-refractivity contribution >= 4 is 34.9 Å². The zero-order chi connectivity index (χ0) is 24.1. The van der Waals surface area contributed by atoms with Crippen LogP contribution in [0.1, 0.15) is 11.1 Å². The average molecular weight is 487 g/mol. The van der Waals surface area contributed by atoms with Crippen LogP contribution in [0.2, 0.25) is 0 Å². The molecule has 0 radical (unpaired) electrons. The molecule has 0 unspecified atom stereocenters. The van der Waals surface area contributed by atoms with Gasteiger partial charge >= 0.3 is 0 Å².